The molecule has 24 heavy (non-hydrogen) atoms. The number of hydrogen-bond acceptors (Lipinski definition) is 5. The summed E-state index contributed by atoms with van der Waals surface area (Å²) in [4.78, 5) is 25.2. The summed E-state index contributed by atoms with van der Waals surface area (Å²) in [5.41, 5.74) is 0.340. The highest BCUT2D eigenvalue weighted by Crippen LogP contribution is 2.40. The van der Waals surface area contributed by atoms with Crippen LogP contribution in [0.2, 0.25) is 5.02 Å². The van der Waals surface area contributed by atoms with Crippen LogP contribution in [-0.4, -0.2) is 54.5 Å². The van der Waals surface area contributed by atoms with Gasteiger partial charge in [0.1, 0.15) is 0 Å². The first-order chi connectivity index (χ1) is 11.5. The topological polar surface area (TPSA) is 85.3 Å². The van der Waals surface area contributed by atoms with Crippen LogP contribution in [0.25, 0.3) is 0 Å². The third kappa shape index (κ3) is 3.73. The molecule has 1 fully saturated rings. The van der Waals surface area contributed by atoms with E-state index in [4.69, 9.17) is 30.9 Å². The second-order valence-corrected chi connectivity index (χ2v) is 6.13. The third-order valence-corrected chi connectivity index (χ3v) is 4.29. The molecule has 7 nitrogen and oxygen atoms in total. The van der Waals surface area contributed by atoms with Crippen molar-refractivity contribution in [2.45, 2.75) is 25.4 Å². The van der Waals surface area contributed by atoms with E-state index < -0.39 is 5.97 Å². The number of rotatable bonds is 6. The molecule has 3 rings (SSSR count). The van der Waals surface area contributed by atoms with Crippen LogP contribution in [0.3, 0.4) is 0 Å². The monoisotopic (exact) mass is 355 g/mol. The highest BCUT2D eigenvalue weighted by atomic mass is 35.5. The highest BCUT2D eigenvalue weighted by molar-refractivity contribution is 6.32. The predicted octanol–water partition coefficient (Wildman–Crippen LogP) is 2.16. The lowest BCUT2D eigenvalue weighted by molar-refractivity contribution is -0.137. The number of hydrogen-bond donors (Lipinski definition) is 1. The van der Waals surface area contributed by atoms with Crippen LogP contribution >= 0.6 is 11.6 Å². The van der Waals surface area contributed by atoms with Crippen LogP contribution in [0.15, 0.2) is 12.1 Å². The van der Waals surface area contributed by atoms with Crippen LogP contribution in [0.5, 0.6) is 11.5 Å². The predicted molar refractivity (Wildman–Crippen MR) is 84.7 cm³/mol. The first-order valence-corrected chi connectivity index (χ1v) is 8.14. The summed E-state index contributed by atoms with van der Waals surface area (Å²) in [6.45, 7) is 1.20. The maximum Gasteiger partial charge on any atom is 0.305 e. The van der Waals surface area contributed by atoms with E-state index in [2.05, 4.69) is 0 Å². The normalized spacial score (nSPS) is 18.6. The maximum atomic E-state index is 12.8. The molecule has 0 saturated carbocycles. The molecule has 0 bridgehead atoms. The molecule has 0 radical (unpaired) electrons. The second-order valence-electron chi connectivity index (χ2n) is 5.72. The number of ether oxygens (including phenoxy) is 3. The number of amides is 1. The van der Waals surface area contributed by atoms with Gasteiger partial charge in [-0.25, -0.2) is 0 Å². The van der Waals surface area contributed by atoms with Crippen LogP contribution < -0.4 is 9.47 Å². The fraction of sp³-hybridized carbons (Fsp3) is 0.500. The molecule has 2 aliphatic rings. The zero-order valence-electron chi connectivity index (χ0n) is 13.0. The summed E-state index contributed by atoms with van der Waals surface area (Å²) in [6.07, 6.45) is 1.61. The van der Waals surface area contributed by atoms with Crippen molar-refractivity contribution in [2.24, 2.45) is 0 Å². The Kier molecular flexibility index (Phi) is 5.11. The van der Waals surface area contributed by atoms with Gasteiger partial charge in [-0.3, -0.25) is 9.59 Å². The Morgan fingerprint density at radius 2 is 2.17 bits per heavy atom. The molecule has 0 spiro atoms. The molecule has 8 heteroatoms. The zero-order valence-corrected chi connectivity index (χ0v) is 13.8. The van der Waals surface area contributed by atoms with Crippen molar-refractivity contribution in [1.82, 2.24) is 4.90 Å². The van der Waals surface area contributed by atoms with Crippen LogP contribution in [0.1, 0.15) is 29.6 Å². The van der Waals surface area contributed by atoms with E-state index >= 15 is 0 Å². The molecule has 130 valence electrons. The smallest absolute Gasteiger partial charge is 0.305 e. The molecule has 0 aromatic heterocycles. The molecule has 1 N–H and O–H groups in total. The van der Waals surface area contributed by atoms with Crippen LogP contribution in [0, 0.1) is 0 Å². The lowest BCUT2D eigenvalue weighted by Crippen LogP contribution is -2.38. The van der Waals surface area contributed by atoms with Crippen LogP contribution in [-0.2, 0) is 9.53 Å². The molecular formula is C16H18ClNO6. The number of carboxylic acid groups (broad SMARTS) is 1. The van der Waals surface area contributed by atoms with Crippen molar-refractivity contribution < 1.29 is 28.9 Å². The van der Waals surface area contributed by atoms with E-state index in [1.165, 1.54) is 11.0 Å². The number of nitrogens with zero attached hydrogens (tertiary/aromatic N) is 1. The number of fused-ring (bicyclic) bond motifs is 1. The van der Waals surface area contributed by atoms with Gasteiger partial charge in [-0.1, -0.05) is 11.6 Å². The van der Waals surface area contributed by atoms with E-state index in [1.807, 2.05) is 0 Å². The minimum Gasteiger partial charge on any atom is -0.481 e. The van der Waals surface area contributed by atoms with Crippen molar-refractivity contribution >= 4 is 23.5 Å². The van der Waals surface area contributed by atoms with Gasteiger partial charge >= 0.3 is 5.97 Å². The standard InChI is InChI=1S/C16H18ClNO6/c17-12-6-10(7-13-15(12)24-9-23-13)16(21)18(4-3-14(19)20)8-11-2-1-5-22-11/h6-7,11H,1-5,8-9H2,(H,19,20)/t11-/m0/s1. The Morgan fingerprint density at radius 1 is 1.33 bits per heavy atom. The van der Waals surface area contributed by atoms with Gasteiger partial charge in [0.15, 0.2) is 11.5 Å². The van der Waals surface area contributed by atoms with E-state index in [0.717, 1.165) is 12.8 Å². The van der Waals surface area contributed by atoms with Gasteiger partial charge in [-0.05, 0) is 25.0 Å². The van der Waals surface area contributed by atoms with Gasteiger partial charge < -0.3 is 24.2 Å². The summed E-state index contributed by atoms with van der Waals surface area (Å²) >= 11 is 6.13. The lowest BCUT2D eigenvalue weighted by Gasteiger charge is -2.25. The Morgan fingerprint density at radius 3 is 2.88 bits per heavy atom. The Hall–Kier alpha value is -1.99. The van der Waals surface area contributed by atoms with E-state index in [9.17, 15) is 9.59 Å². The summed E-state index contributed by atoms with van der Waals surface area (Å²) in [7, 11) is 0. The summed E-state index contributed by atoms with van der Waals surface area (Å²) in [6, 6.07) is 3.08. The number of halogens is 1. The molecule has 2 aliphatic heterocycles. The van der Waals surface area contributed by atoms with Gasteiger partial charge in [0.25, 0.3) is 5.91 Å². The molecular weight excluding hydrogens is 338 g/mol. The fourth-order valence-corrected chi connectivity index (χ4v) is 3.08. The summed E-state index contributed by atoms with van der Waals surface area (Å²) < 4.78 is 16.1. The van der Waals surface area contributed by atoms with Crippen molar-refractivity contribution in [3.63, 3.8) is 0 Å². The molecule has 2 heterocycles. The maximum absolute atomic E-state index is 12.8. The number of carbonyl (C=O) groups excluding carboxylic acids is 1. The average molecular weight is 356 g/mol. The number of carbonyl (C=O) groups is 2. The second kappa shape index (κ2) is 7.27. The minimum absolute atomic E-state index is 0.0609. The van der Waals surface area contributed by atoms with Crippen molar-refractivity contribution in [3.8, 4) is 11.5 Å². The van der Waals surface area contributed by atoms with Crippen LogP contribution in [0.4, 0.5) is 0 Å². The fourth-order valence-electron chi connectivity index (χ4n) is 2.81. The Labute approximate surface area is 144 Å². The quantitative estimate of drug-likeness (QED) is 0.841. The van der Waals surface area contributed by atoms with Gasteiger partial charge in [-0.15, -0.1) is 0 Å². The average Bonchev–Trinajstić information content (AvgIpc) is 3.21. The number of carboxylic acids is 1. The van der Waals surface area contributed by atoms with Crippen molar-refractivity contribution in [1.29, 1.82) is 0 Å². The molecule has 0 unspecified atom stereocenters. The Balaban J connectivity index is 1.78. The molecule has 0 aliphatic carbocycles. The largest absolute Gasteiger partial charge is 0.481 e. The molecule has 1 atom stereocenters. The zero-order chi connectivity index (χ0) is 17.1. The SMILES string of the molecule is O=C(O)CCN(C[C@@H]1CCCO1)C(=O)c1cc(Cl)c2c(c1)OCO2. The summed E-state index contributed by atoms with van der Waals surface area (Å²) in [5.74, 6) is -0.415. The van der Waals surface area contributed by atoms with Gasteiger partial charge in [0.2, 0.25) is 6.79 Å². The Bertz CT molecular complexity index is 644. The first-order valence-electron chi connectivity index (χ1n) is 7.76. The van der Waals surface area contributed by atoms with E-state index in [1.54, 1.807) is 6.07 Å². The lowest BCUT2D eigenvalue weighted by atomic mass is 10.1. The van der Waals surface area contributed by atoms with Gasteiger partial charge in [0.05, 0.1) is 17.5 Å². The van der Waals surface area contributed by atoms with Gasteiger partial charge in [0, 0.05) is 25.3 Å². The molecule has 1 amide bonds. The molecule has 1 aromatic carbocycles. The van der Waals surface area contributed by atoms with Crippen molar-refractivity contribution in [2.75, 3.05) is 26.5 Å². The van der Waals surface area contributed by atoms with E-state index in [0.29, 0.717) is 35.2 Å². The van der Waals surface area contributed by atoms with Crippen molar-refractivity contribution in [3.05, 3.63) is 22.7 Å². The number of benzene rings is 1. The first kappa shape index (κ1) is 16.9. The third-order valence-electron chi connectivity index (χ3n) is 4.00. The van der Waals surface area contributed by atoms with Gasteiger partial charge in [-0.2, -0.15) is 0 Å². The minimum atomic E-state index is -0.955. The number of aliphatic carboxylic acids is 1. The van der Waals surface area contributed by atoms with E-state index in [-0.39, 0.29) is 31.8 Å². The summed E-state index contributed by atoms with van der Waals surface area (Å²) in [5, 5.41) is 9.21. The molecule has 1 aromatic rings. The molecule has 1 saturated heterocycles. The highest BCUT2D eigenvalue weighted by Gasteiger charge is 2.26.